The maximum Gasteiger partial charge on any atom is 0.320 e. The van der Waals surface area contributed by atoms with Gasteiger partial charge < -0.3 is 19.7 Å². The number of carbonyl (C=O) groups excluding carboxylic acids is 2. The summed E-state index contributed by atoms with van der Waals surface area (Å²) in [6.07, 6.45) is 1.92. The summed E-state index contributed by atoms with van der Waals surface area (Å²) < 4.78 is 9.48. The number of aldehydes is 1. The SMILES string of the molecule is CCCN1C(C(=O)O)CC(C(=O)OC)C1C.COc1cc(C=O)ccc1O. The highest BCUT2D eigenvalue weighted by atomic mass is 16.5. The van der Waals surface area contributed by atoms with Crippen LogP contribution < -0.4 is 4.74 Å². The van der Waals surface area contributed by atoms with E-state index in [9.17, 15) is 14.4 Å². The van der Waals surface area contributed by atoms with E-state index in [1.54, 1.807) is 0 Å². The Balaban J connectivity index is 0.000000289. The fraction of sp³-hybridized carbons (Fsp3) is 0.526. The van der Waals surface area contributed by atoms with Gasteiger partial charge in [-0.2, -0.15) is 0 Å². The van der Waals surface area contributed by atoms with Crippen LogP contribution in [0.1, 0.15) is 37.0 Å². The molecule has 1 heterocycles. The Labute approximate surface area is 158 Å². The lowest BCUT2D eigenvalue weighted by Crippen LogP contribution is -2.41. The molecule has 0 spiro atoms. The number of carboxylic acids is 1. The number of methoxy groups -OCH3 is 2. The highest BCUT2D eigenvalue weighted by molar-refractivity contribution is 5.79. The lowest BCUT2D eigenvalue weighted by atomic mass is 10.0. The minimum atomic E-state index is -0.855. The van der Waals surface area contributed by atoms with Crippen LogP contribution >= 0.6 is 0 Å². The first-order valence-corrected chi connectivity index (χ1v) is 8.69. The summed E-state index contributed by atoms with van der Waals surface area (Å²) in [5.41, 5.74) is 0.486. The molecule has 2 rings (SSSR count). The predicted molar refractivity (Wildman–Crippen MR) is 98.1 cm³/mol. The molecular formula is C19H27NO7. The Morgan fingerprint density at radius 1 is 1.33 bits per heavy atom. The Bertz CT molecular complexity index is 661. The monoisotopic (exact) mass is 381 g/mol. The number of aliphatic carboxylic acids is 1. The molecule has 0 aliphatic carbocycles. The molecule has 3 unspecified atom stereocenters. The van der Waals surface area contributed by atoms with Gasteiger partial charge >= 0.3 is 11.9 Å². The zero-order valence-electron chi connectivity index (χ0n) is 16.0. The molecule has 1 saturated heterocycles. The molecule has 1 aromatic carbocycles. The molecule has 150 valence electrons. The van der Waals surface area contributed by atoms with Crippen LogP contribution in [-0.4, -0.2) is 66.2 Å². The van der Waals surface area contributed by atoms with Crippen LogP contribution in [0, 0.1) is 5.92 Å². The Hall–Kier alpha value is -2.61. The number of likely N-dealkylation sites (tertiary alicyclic amines) is 1. The van der Waals surface area contributed by atoms with Gasteiger partial charge in [0.25, 0.3) is 0 Å². The van der Waals surface area contributed by atoms with E-state index >= 15 is 0 Å². The molecule has 8 nitrogen and oxygen atoms in total. The highest BCUT2D eigenvalue weighted by Gasteiger charge is 2.45. The van der Waals surface area contributed by atoms with Crippen molar-refractivity contribution in [1.82, 2.24) is 4.90 Å². The number of esters is 1. The molecular weight excluding hydrogens is 354 g/mol. The number of nitrogens with zero attached hydrogens (tertiary/aromatic N) is 1. The zero-order chi connectivity index (χ0) is 20.6. The van der Waals surface area contributed by atoms with E-state index in [4.69, 9.17) is 19.7 Å². The summed E-state index contributed by atoms with van der Waals surface area (Å²) in [6, 6.07) is 3.79. The Morgan fingerprint density at radius 3 is 2.48 bits per heavy atom. The van der Waals surface area contributed by atoms with Crippen molar-refractivity contribution >= 4 is 18.2 Å². The molecule has 0 saturated carbocycles. The third-order valence-corrected chi connectivity index (χ3v) is 4.59. The van der Waals surface area contributed by atoms with Gasteiger partial charge in [0.05, 0.1) is 20.1 Å². The number of ether oxygens (including phenoxy) is 2. The minimum absolute atomic E-state index is 0.0399. The molecule has 0 aromatic heterocycles. The number of carbonyl (C=O) groups is 3. The number of rotatable bonds is 6. The van der Waals surface area contributed by atoms with Gasteiger partial charge in [-0.1, -0.05) is 6.92 Å². The Morgan fingerprint density at radius 2 is 2.00 bits per heavy atom. The number of aromatic hydroxyl groups is 1. The molecule has 2 N–H and O–H groups in total. The summed E-state index contributed by atoms with van der Waals surface area (Å²) >= 11 is 0. The zero-order valence-corrected chi connectivity index (χ0v) is 16.0. The van der Waals surface area contributed by atoms with E-state index in [0.717, 1.165) is 6.42 Å². The largest absolute Gasteiger partial charge is 0.504 e. The van der Waals surface area contributed by atoms with Crippen molar-refractivity contribution in [2.45, 2.75) is 38.8 Å². The normalized spacial score (nSPS) is 21.7. The summed E-state index contributed by atoms with van der Waals surface area (Å²) in [5, 5.41) is 18.2. The van der Waals surface area contributed by atoms with Crippen molar-refractivity contribution in [3.05, 3.63) is 23.8 Å². The van der Waals surface area contributed by atoms with Crippen molar-refractivity contribution in [2.24, 2.45) is 5.92 Å². The van der Waals surface area contributed by atoms with Gasteiger partial charge in [0.1, 0.15) is 12.3 Å². The molecule has 1 aliphatic rings. The standard InChI is InChI=1S/C11H19NO4.C8H8O3/c1-4-5-12-7(2)8(11(15)16-3)6-9(12)10(13)14;1-11-8-4-6(5-9)2-3-7(8)10/h7-9H,4-6H2,1-3H3,(H,13,14);2-5,10H,1H3. The van der Waals surface area contributed by atoms with E-state index in [1.165, 1.54) is 32.4 Å². The third kappa shape index (κ3) is 5.68. The first kappa shape index (κ1) is 22.4. The number of hydrogen-bond donors (Lipinski definition) is 2. The molecule has 0 bridgehead atoms. The number of phenols is 1. The fourth-order valence-corrected chi connectivity index (χ4v) is 3.16. The predicted octanol–water partition coefficient (Wildman–Crippen LogP) is 1.95. The van der Waals surface area contributed by atoms with Crippen LogP contribution in [0.15, 0.2) is 18.2 Å². The quantitative estimate of drug-likeness (QED) is 0.568. The van der Waals surface area contributed by atoms with Crippen LogP contribution in [0.3, 0.4) is 0 Å². The van der Waals surface area contributed by atoms with Crippen molar-refractivity contribution < 1.29 is 34.1 Å². The molecule has 1 fully saturated rings. The van der Waals surface area contributed by atoms with Gasteiger partial charge in [-0.15, -0.1) is 0 Å². The lowest BCUT2D eigenvalue weighted by molar-refractivity contribution is -0.146. The average Bonchev–Trinajstić information content (AvgIpc) is 2.99. The number of phenolic OH excluding ortho intramolecular Hbond substituents is 1. The molecule has 3 atom stereocenters. The van der Waals surface area contributed by atoms with E-state index in [-0.39, 0.29) is 23.7 Å². The lowest BCUT2D eigenvalue weighted by Gasteiger charge is -2.25. The van der Waals surface area contributed by atoms with E-state index in [1.807, 2.05) is 18.7 Å². The van der Waals surface area contributed by atoms with Crippen molar-refractivity contribution in [2.75, 3.05) is 20.8 Å². The maximum absolute atomic E-state index is 11.5. The summed E-state index contributed by atoms with van der Waals surface area (Å²) in [6.45, 7) is 4.59. The van der Waals surface area contributed by atoms with Crippen LogP contribution in [-0.2, 0) is 14.3 Å². The molecule has 0 amide bonds. The first-order valence-electron chi connectivity index (χ1n) is 8.69. The molecule has 27 heavy (non-hydrogen) atoms. The van der Waals surface area contributed by atoms with Gasteiger partial charge in [-0.3, -0.25) is 19.3 Å². The summed E-state index contributed by atoms with van der Waals surface area (Å²) in [7, 11) is 2.77. The van der Waals surface area contributed by atoms with E-state index in [2.05, 4.69) is 0 Å². The van der Waals surface area contributed by atoms with Crippen molar-refractivity contribution in [3.63, 3.8) is 0 Å². The average molecular weight is 381 g/mol. The topological polar surface area (TPSA) is 113 Å². The van der Waals surface area contributed by atoms with Gasteiger partial charge in [0, 0.05) is 11.6 Å². The second-order valence-corrected chi connectivity index (χ2v) is 6.25. The first-order chi connectivity index (χ1) is 12.8. The molecule has 0 radical (unpaired) electrons. The van der Waals surface area contributed by atoms with Gasteiger partial charge in [0.2, 0.25) is 0 Å². The summed E-state index contributed by atoms with van der Waals surface area (Å²) in [5.74, 6) is -1.13. The van der Waals surface area contributed by atoms with Crippen LogP contribution in [0.5, 0.6) is 11.5 Å². The molecule has 8 heteroatoms. The van der Waals surface area contributed by atoms with Crippen molar-refractivity contribution in [3.8, 4) is 11.5 Å². The van der Waals surface area contributed by atoms with Crippen LogP contribution in [0.4, 0.5) is 0 Å². The second-order valence-electron chi connectivity index (χ2n) is 6.25. The van der Waals surface area contributed by atoms with Crippen molar-refractivity contribution in [1.29, 1.82) is 0 Å². The number of hydrogen-bond acceptors (Lipinski definition) is 7. The highest BCUT2D eigenvalue weighted by Crippen LogP contribution is 2.31. The number of benzene rings is 1. The van der Waals surface area contributed by atoms with Crippen LogP contribution in [0.25, 0.3) is 0 Å². The fourth-order valence-electron chi connectivity index (χ4n) is 3.16. The van der Waals surface area contributed by atoms with Gasteiger partial charge in [-0.25, -0.2) is 0 Å². The maximum atomic E-state index is 11.5. The smallest absolute Gasteiger partial charge is 0.320 e. The molecule has 1 aliphatic heterocycles. The third-order valence-electron chi connectivity index (χ3n) is 4.59. The minimum Gasteiger partial charge on any atom is -0.504 e. The Kier molecular flexibility index (Phi) is 8.74. The number of carboxylic acid groups (broad SMARTS) is 1. The van der Waals surface area contributed by atoms with Crippen LogP contribution in [0.2, 0.25) is 0 Å². The van der Waals surface area contributed by atoms with E-state index in [0.29, 0.717) is 30.6 Å². The molecule has 1 aromatic rings. The summed E-state index contributed by atoms with van der Waals surface area (Å²) in [4.78, 5) is 34.7. The van der Waals surface area contributed by atoms with Gasteiger partial charge in [0.15, 0.2) is 11.5 Å². The van der Waals surface area contributed by atoms with E-state index < -0.39 is 12.0 Å². The second kappa shape index (κ2) is 10.5. The van der Waals surface area contributed by atoms with Gasteiger partial charge in [-0.05, 0) is 44.5 Å².